The molecule has 30 heavy (non-hydrogen) atoms. The number of hydrogen-bond acceptors (Lipinski definition) is 9. The van der Waals surface area contributed by atoms with Gasteiger partial charge in [0.25, 0.3) is 5.91 Å². The van der Waals surface area contributed by atoms with Gasteiger partial charge in [-0.15, -0.1) is 0 Å². The number of amides is 1. The predicted octanol–water partition coefficient (Wildman–Crippen LogP) is 1.87. The van der Waals surface area contributed by atoms with E-state index in [1.54, 1.807) is 24.7 Å². The van der Waals surface area contributed by atoms with Gasteiger partial charge in [0.2, 0.25) is 0 Å². The van der Waals surface area contributed by atoms with Crippen LogP contribution in [0.5, 0.6) is 0 Å². The molecule has 10 heteroatoms. The zero-order valence-electron chi connectivity index (χ0n) is 16.4. The van der Waals surface area contributed by atoms with Crippen LogP contribution in [0.15, 0.2) is 42.9 Å². The van der Waals surface area contributed by atoms with Crippen LogP contribution in [0.2, 0.25) is 0 Å². The minimum atomic E-state index is -0.232. The quantitative estimate of drug-likeness (QED) is 0.525. The second-order valence-corrected chi connectivity index (χ2v) is 7.66. The maximum Gasteiger partial charge on any atom is 0.269 e. The lowest BCUT2D eigenvalue weighted by atomic mass is 10.2. The third-order valence-corrected chi connectivity index (χ3v) is 5.53. The number of ether oxygens (including phenoxy) is 1. The van der Waals surface area contributed by atoms with Crippen LogP contribution in [0.3, 0.4) is 0 Å². The molecule has 0 bridgehead atoms. The molecule has 0 aromatic carbocycles. The number of carbonyl (C=O) groups is 1. The lowest BCUT2D eigenvalue weighted by Gasteiger charge is -2.28. The Kier molecular flexibility index (Phi) is 6.47. The smallest absolute Gasteiger partial charge is 0.269 e. The number of carbonyl (C=O) groups excluding carboxylic acids is 1. The van der Waals surface area contributed by atoms with Crippen molar-refractivity contribution in [1.29, 1.82) is 0 Å². The van der Waals surface area contributed by atoms with E-state index in [0.29, 0.717) is 18.8 Å². The van der Waals surface area contributed by atoms with Crippen molar-refractivity contribution in [2.75, 3.05) is 49.6 Å². The summed E-state index contributed by atoms with van der Waals surface area (Å²) in [5.74, 6) is 0.509. The highest BCUT2D eigenvalue weighted by Crippen LogP contribution is 2.30. The molecule has 156 valence electrons. The van der Waals surface area contributed by atoms with Crippen LogP contribution in [0.4, 0.5) is 16.6 Å². The zero-order valence-corrected chi connectivity index (χ0v) is 17.2. The molecular formula is C20H23N7O2S. The normalized spacial score (nSPS) is 13.8. The predicted molar refractivity (Wildman–Crippen MR) is 117 cm³/mol. The van der Waals surface area contributed by atoms with Crippen LogP contribution in [0.1, 0.15) is 10.5 Å². The fourth-order valence-corrected chi connectivity index (χ4v) is 3.84. The molecule has 1 amide bonds. The number of rotatable bonds is 7. The molecule has 1 fully saturated rings. The van der Waals surface area contributed by atoms with Crippen LogP contribution >= 0.6 is 11.3 Å². The van der Waals surface area contributed by atoms with Crippen molar-refractivity contribution < 1.29 is 9.53 Å². The number of hydrogen-bond donors (Lipinski definition) is 3. The average Bonchev–Trinajstić information content (AvgIpc) is 3.27. The first kappa shape index (κ1) is 20.2. The molecular weight excluding hydrogens is 402 g/mol. The molecule has 0 aliphatic carbocycles. The van der Waals surface area contributed by atoms with Crippen molar-refractivity contribution in [3.05, 3.63) is 48.5 Å². The SMILES string of the molecule is NCCNC(=O)c1ccc(-c2cnc(Nc3cc(N4CCOCC4)ccn3)s2)cn1. The monoisotopic (exact) mass is 425 g/mol. The summed E-state index contributed by atoms with van der Waals surface area (Å²) in [6.07, 6.45) is 5.25. The molecule has 0 radical (unpaired) electrons. The summed E-state index contributed by atoms with van der Waals surface area (Å²) in [7, 11) is 0. The van der Waals surface area contributed by atoms with Crippen LogP contribution in [-0.4, -0.2) is 60.3 Å². The summed E-state index contributed by atoms with van der Waals surface area (Å²) in [4.78, 5) is 28.2. The summed E-state index contributed by atoms with van der Waals surface area (Å²) in [5.41, 5.74) is 7.77. The first-order chi connectivity index (χ1) is 14.7. The Bertz CT molecular complexity index is 987. The molecule has 1 aliphatic heterocycles. The minimum absolute atomic E-state index is 0.232. The number of anilines is 3. The van der Waals surface area contributed by atoms with Gasteiger partial charge in [0, 0.05) is 62.1 Å². The first-order valence-corrected chi connectivity index (χ1v) is 10.5. The molecule has 3 aromatic heterocycles. The Hall–Kier alpha value is -3.08. The average molecular weight is 426 g/mol. The van der Waals surface area contributed by atoms with Crippen LogP contribution < -0.4 is 21.3 Å². The Morgan fingerprint density at radius 3 is 2.80 bits per heavy atom. The maximum absolute atomic E-state index is 11.9. The number of nitrogens with zero attached hydrogens (tertiary/aromatic N) is 4. The van der Waals surface area contributed by atoms with E-state index in [2.05, 4.69) is 30.5 Å². The molecule has 0 saturated carbocycles. The van der Waals surface area contributed by atoms with Gasteiger partial charge in [0.1, 0.15) is 11.5 Å². The molecule has 9 nitrogen and oxygen atoms in total. The summed E-state index contributed by atoms with van der Waals surface area (Å²) in [6, 6.07) is 7.57. The van der Waals surface area contributed by atoms with E-state index in [9.17, 15) is 4.79 Å². The lowest BCUT2D eigenvalue weighted by molar-refractivity contribution is 0.0950. The van der Waals surface area contributed by atoms with Crippen LogP contribution in [0, 0.1) is 0 Å². The Labute approximate surface area is 178 Å². The second kappa shape index (κ2) is 9.61. The largest absolute Gasteiger partial charge is 0.378 e. The van der Waals surface area contributed by atoms with E-state index in [0.717, 1.165) is 53.4 Å². The molecule has 1 saturated heterocycles. The van der Waals surface area contributed by atoms with Gasteiger partial charge >= 0.3 is 0 Å². The number of thiazole rings is 1. The third kappa shape index (κ3) is 4.90. The van der Waals surface area contributed by atoms with E-state index in [1.165, 1.54) is 11.3 Å². The Morgan fingerprint density at radius 2 is 2.03 bits per heavy atom. The second-order valence-electron chi connectivity index (χ2n) is 6.63. The summed E-state index contributed by atoms with van der Waals surface area (Å²) in [5, 5.41) is 6.71. The van der Waals surface area contributed by atoms with E-state index in [4.69, 9.17) is 10.5 Å². The van der Waals surface area contributed by atoms with Gasteiger partial charge in [-0.2, -0.15) is 0 Å². The lowest BCUT2D eigenvalue weighted by Crippen LogP contribution is -2.36. The summed E-state index contributed by atoms with van der Waals surface area (Å²) < 4.78 is 5.42. The van der Waals surface area contributed by atoms with Gasteiger partial charge in [0.15, 0.2) is 5.13 Å². The standard InChI is InChI=1S/C20H23N7O2S/c21-4-6-23-19(28)16-2-1-14(12-24-16)17-13-25-20(30-17)26-18-11-15(3-5-22-18)27-7-9-29-10-8-27/h1-3,5,11-13H,4,6-10,21H2,(H,23,28)(H,22,25,26). The molecule has 4 heterocycles. The van der Waals surface area contributed by atoms with Gasteiger partial charge in [-0.05, 0) is 18.2 Å². The highest BCUT2D eigenvalue weighted by atomic mass is 32.1. The van der Waals surface area contributed by atoms with Gasteiger partial charge in [-0.25, -0.2) is 9.97 Å². The van der Waals surface area contributed by atoms with Gasteiger partial charge in [-0.3, -0.25) is 9.78 Å². The number of aromatic nitrogens is 3. The molecule has 0 unspecified atom stereocenters. The fraction of sp³-hybridized carbons (Fsp3) is 0.300. The molecule has 0 atom stereocenters. The molecule has 4 N–H and O–H groups in total. The van der Waals surface area contributed by atoms with Gasteiger partial charge in [-0.1, -0.05) is 11.3 Å². The highest BCUT2D eigenvalue weighted by Gasteiger charge is 2.13. The van der Waals surface area contributed by atoms with Crippen molar-refractivity contribution >= 4 is 33.9 Å². The fourth-order valence-electron chi connectivity index (χ4n) is 3.03. The molecule has 3 aromatic rings. The third-order valence-electron chi connectivity index (χ3n) is 4.57. The Balaban J connectivity index is 1.42. The Morgan fingerprint density at radius 1 is 1.17 bits per heavy atom. The topological polar surface area (TPSA) is 118 Å². The number of nitrogens with two attached hydrogens (primary N) is 1. The zero-order chi connectivity index (χ0) is 20.8. The summed E-state index contributed by atoms with van der Waals surface area (Å²) >= 11 is 1.50. The number of pyridine rings is 2. The van der Waals surface area contributed by atoms with Crippen molar-refractivity contribution in [2.45, 2.75) is 0 Å². The van der Waals surface area contributed by atoms with E-state index in [1.807, 2.05) is 18.2 Å². The number of nitrogens with one attached hydrogen (secondary N) is 2. The van der Waals surface area contributed by atoms with E-state index in [-0.39, 0.29) is 5.91 Å². The van der Waals surface area contributed by atoms with Crippen molar-refractivity contribution in [3.8, 4) is 10.4 Å². The van der Waals surface area contributed by atoms with Crippen molar-refractivity contribution in [2.24, 2.45) is 5.73 Å². The van der Waals surface area contributed by atoms with Gasteiger partial charge < -0.3 is 26.0 Å². The first-order valence-electron chi connectivity index (χ1n) is 9.69. The summed E-state index contributed by atoms with van der Waals surface area (Å²) in [6.45, 7) is 4.04. The van der Waals surface area contributed by atoms with Crippen molar-refractivity contribution in [3.63, 3.8) is 0 Å². The molecule has 1 aliphatic rings. The van der Waals surface area contributed by atoms with Crippen LogP contribution in [0.25, 0.3) is 10.4 Å². The number of morpholine rings is 1. The van der Waals surface area contributed by atoms with Gasteiger partial charge in [0.05, 0.1) is 18.1 Å². The van der Waals surface area contributed by atoms with Crippen molar-refractivity contribution in [1.82, 2.24) is 20.3 Å². The maximum atomic E-state index is 11.9. The molecule has 0 spiro atoms. The highest BCUT2D eigenvalue weighted by molar-refractivity contribution is 7.18. The van der Waals surface area contributed by atoms with E-state index < -0.39 is 0 Å². The molecule has 4 rings (SSSR count). The van der Waals surface area contributed by atoms with Crippen LogP contribution in [-0.2, 0) is 4.74 Å². The van der Waals surface area contributed by atoms with E-state index >= 15 is 0 Å². The minimum Gasteiger partial charge on any atom is -0.378 e.